The number of hydrogen-bond acceptors (Lipinski definition) is 6. The highest BCUT2D eigenvalue weighted by atomic mass is 32.2. The number of benzene rings is 3. The van der Waals surface area contributed by atoms with Crippen LogP contribution in [0.5, 0.6) is 11.5 Å². The maximum absolute atomic E-state index is 13.6. The highest BCUT2D eigenvalue weighted by Gasteiger charge is 2.29. The second-order valence-electron chi connectivity index (χ2n) is 7.39. The Labute approximate surface area is 192 Å². The van der Waals surface area contributed by atoms with Gasteiger partial charge in [-0.15, -0.1) is 0 Å². The molecule has 0 radical (unpaired) electrons. The van der Waals surface area contributed by atoms with Crippen molar-refractivity contribution < 1.29 is 22.7 Å². The predicted molar refractivity (Wildman–Crippen MR) is 123 cm³/mol. The van der Waals surface area contributed by atoms with Gasteiger partial charge in [0.15, 0.2) is 11.5 Å². The monoisotopic (exact) mass is 463 g/mol. The third kappa shape index (κ3) is 4.91. The van der Waals surface area contributed by atoms with E-state index in [-0.39, 0.29) is 4.90 Å². The largest absolute Gasteiger partial charge is 0.486 e. The van der Waals surface area contributed by atoms with Gasteiger partial charge in [0.25, 0.3) is 10.0 Å². The van der Waals surface area contributed by atoms with Crippen LogP contribution in [-0.4, -0.2) is 34.1 Å². The number of fused-ring (bicyclic) bond motifs is 1. The lowest BCUT2D eigenvalue weighted by atomic mass is 10.2. The van der Waals surface area contributed by atoms with Crippen molar-refractivity contribution in [1.29, 1.82) is 5.26 Å². The molecule has 1 amide bonds. The van der Waals surface area contributed by atoms with Crippen LogP contribution in [0.2, 0.25) is 0 Å². The zero-order valence-corrected chi connectivity index (χ0v) is 18.6. The SMILES string of the molecule is Cc1ccc(N(CC(=O)Nc2ccc(C#N)cc2)S(=O)(=O)c2ccc3c(c2)OCCO3)cc1. The van der Waals surface area contributed by atoms with Crippen molar-refractivity contribution in [3.05, 3.63) is 77.9 Å². The average Bonchev–Trinajstić information content (AvgIpc) is 2.83. The average molecular weight is 464 g/mol. The number of amides is 1. The topological polar surface area (TPSA) is 109 Å². The third-order valence-corrected chi connectivity index (χ3v) is 6.78. The Balaban J connectivity index is 1.65. The molecule has 0 bridgehead atoms. The number of ether oxygens (including phenoxy) is 2. The van der Waals surface area contributed by atoms with E-state index in [1.807, 2.05) is 13.0 Å². The Morgan fingerprint density at radius 1 is 1.00 bits per heavy atom. The van der Waals surface area contributed by atoms with Crippen LogP contribution in [0.25, 0.3) is 0 Å². The highest BCUT2D eigenvalue weighted by Crippen LogP contribution is 2.34. The van der Waals surface area contributed by atoms with E-state index in [4.69, 9.17) is 14.7 Å². The van der Waals surface area contributed by atoms with Gasteiger partial charge in [-0.2, -0.15) is 5.26 Å². The van der Waals surface area contributed by atoms with Crippen molar-refractivity contribution in [2.24, 2.45) is 0 Å². The Morgan fingerprint density at radius 2 is 1.67 bits per heavy atom. The molecule has 3 aromatic rings. The lowest BCUT2D eigenvalue weighted by Crippen LogP contribution is -2.38. The molecule has 0 spiro atoms. The minimum atomic E-state index is -4.10. The molecule has 9 heteroatoms. The third-order valence-electron chi connectivity index (χ3n) is 5.01. The van der Waals surface area contributed by atoms with Gasteiger partial charge in [-0.3, -0.25) is 9.10 Å². The summed E-state index contributed by atoms with van der Waals surface area (Å²) in [7, 11) is -4.10. The summed E-state index contributed by atoms with van der Waals surface area (Å²) in [4.78, 5) is 12.8. The Kier molecular flexibility index (Phi) is 6.20. The number of carbonyl (C=O) groups excluding carboxylic acids is 1. The summed E-state index contributed by atoms with van der Waals surface area (Å²) in [6.45, 7) is 2.16. The molecule has 0 atom stereocenters. The molecule has 1 aliphatic heterocycles. The van der Waals surface area contributed by atoms with Gasteiger partial charge in [-0.25, -0.2) is 8.42 Å². The van der Waals surface area contributed by atoms with E-state index in [0.29, 0.717) is 41.7 Å². The molecule has 168 valence electrons. The number of carbonyl (C=O) groups is 1. The molecule has 0 saturated heterocycles. The van der Waals surface area contributed by atoms with Crippen LogP contribution in [0, 0.1) is 18.3 Å². The number of nitrogens with zero attached hydrogens (tertiary/aromatic N) is 2. The Morgan fingerprint density at radius 3 is 2.33 bits per heavy atom. The van der Waals surface area contributed by atoms with Crippen LogP contribution < -0.4 is 19.1 Å². The normalized spacial score (nSPS) is 12.5. The number of nitriles is 1. The van der Waals surface area contributed by atoms with Crippen LogP contribution in [0.15, 0.2) is 71.6 Å². The predicted octanol–water partition coefficient (Wildman–Crippen LogP) is 3.47. The Hall–Kier alpha value is -4.03. The molecule has 0 aliphatic carbocycles. The summed E-state index contributed by atoms with van der Waals surface area (Å²) >= 11 is 0. The van der Waals surface area contributed by atoms with Crippen LogP contribution in [0.4, 0.5) is 11.4 Å². The van der Waals surface area contributed by atoms with Crippen molar-refractivity contribution in [3.8, 4) is 17.6 Å². The van der Waals surface area contributed by atoms with E-state index < -0.39 is 22.5 Å². The molecule has 33 heavy (non-hydrogen) atoms. The van der Waals surface area contributed by atoms with Gasteiger partial charge in [0.05, 0.1) is 22.2 Å². The van der Waals surface area contributed by atoms with Gasteiger partial charge in [0, 0.05) is 11.8 Å². The standard InChI is InChI=1S/C24H21N3O5S/c1-17-2-8-20(9-3-17)27(16-24(28)26-19-6-4-18(15-25)5-7-19)33(29,30)21-10-11-22-23(14-21)32-13-12-31-22/h2-11,14H,12-13,16H2,1H3,(H,26,28). The van der Waals surface area contributed by atoms with Gasteiger partial charge >= 0.3 is 0 Å². The number of nitrogens with one attached hydrogen (secondary N) is 1. The molecule has 4 rings (SSSR count). The molecule has 1 heterocycles. The zero-order chi connectivity index (χ0) is 23.4. The first-order valence-electron chi connectivity index (χ1n) is 10.2. The van der Waals surface area contributed by atoms with Gasteiger partial charge in [0.2, 0.25) is 5.91 Å². The van der Waals surface area contributed by atoms with Crippen molar-refractivity contribution in [3.63, 3.8) is 0 Å². The van der Waals surface area contributed by atoms with Crippen molar-refractivity contribution in [2.75, 3.05) is 29.4 Å². The Bertz CT molecular complexity index is 1310. The van der Waals surface area contributed by atoms with E-state index in [2.05, 4.69) is 5.32 Å². The van der Waals surface area contributed by atoms with E-state index >= 15 is 0 Å². The van der Waals surface area contributed by atoms with E-state index in [1.54, 1.807) is 54.6 Å². The molecule has 1 N–H and O–H groups in total. The van der Waals surface area contributed by atoms with Gasteiger partial charge in [-0.05, 0) is 55.5 Å². The molecule has 0 saturated carbocycles. The summed E-state index contributed by atoms with van der Waals surface area (Å²) < 4.78 is 39.2. The van der Waals surface area contributed by atoms with Gasteiger partial charge < -0.3 is 14.8 Å². The second-order valence-corrected chi connectivity index (χ2v) is 9.25. The molecule has 1 aliphatic rings. The number of sulfonamides is 1. The van der Waals surface area contributed by atoms with Crippen LogP contribution in [0.3, 0.4) is 0 Å². The molecule has 8 nitrogen and oxygen atoms in total. The first-order chi connectivity index (χ1) is 15.9. The van der Waals surface area contributed by atoms with Gasteiger partial charge in [0.1, 0.15) is 19.8 Å². The quantitative estimate of drug-likeness (QED) is 0.600. The maximum Gasteiger partial charge on any atom is 0.264 e. The minimum absolute atomic E-state index is 0.0153. The molecule has 0 unspecified atom stereocenters. The lowest BCUT2D eigenvalue weighted by molar-refractivity contribution is -0.114. The van der Waals surface area contributed by atoms with E-state index in [9.17, 15) is 13.2 Å². The lowest BCUT2D eigenvalue weighted by Gasteiger charge is -2.25. The molecular weight excluding hydrogens is 442 g/mol. The summed E-state index contributed by atoms with van der Waals surface area (Å²) in [5.74, 6) is 0.287. The summed E-state index contributed by atoms with van der Waals surface area (Å²) in [6.07, 6.45) is 0. The first-order valence-corrected chi connectivity index (χ1v) is 11.6. The minimum Gasteiger partial charge on any atom is -0.486 e. The number of rotatable bonds is 6. The molecule has 3 aromatic carbocycles. The fourth-order valence-electron chi connectivity index (χ4n) is 3.30. The molecule has 0 aromatic heterocycles. The summed E-state index contributed by atoms with van der Waals surface area (Å²) in [5.41, 5.74) is 2.22. The zero-order valence-electron chi connectivity index (χ0n) is 17.8. The van der Waals surface area contributed by atoms with Crippen LogP contribution in [0.1, 0.15) is 11.1 Å². The maximum atomic E-state index is 13.6. The number of aryl methyl sites for hydroxylation is 1. The fraction of sp³-hybridized carbons (Fsp3) is 0.167. The van der Waals surface area contributed by atoms with Crippen LogP contribution >= 0.6 is 0 Å². The van der Waals surface area contributed by atoms with E-state index in [1.165, 1.54) is 12.1 Å². The summed E-state index contributed by atoms with van der Waals surface area (Å²) in [6, 6.07) is 19.6. The molecule has 0 fully saturated rings. The number of anilines is 2. The fourth-order valence-corrected chi connectivity index (χ4v) is 4.73. The second kappa shape index (κ2) is 9.22. The first kappa shape index (κ1) is 22.2. The van der Waals surface area contributed by atoms with Crippen molar-refractivity contribution >= 4 is 27.3 Å². The van der Waals surface area contributed by atoms with Gasteiger partial charge in [-0.1, -0.05) is 17.7 Å². The molecular formula is C24H21N3O5S. The summed E-state index contributed by atoms with van der Waals surface area (Å²) in [5, 5.41) is 11.6. The van der Waals surface area contributed by atoms with Crippen molar-refractivity contribution in [2.45, 2.75) is 11.8 Å². The van der Waals surface area contributed by atoms with Crippen molar-refractivity contribution in [1.82, 2.24) is 0 Å². The smallest absolute Gasteiger partial charge is 0.264 e. The van der Waals surface area contributed by atoms with E-state index in [0.717, 1.165) is 9.87 Å². The highest BCUT2D eigenvalue weighted by molar-refractivity contribution is 7.92. The van der Waals surface area contributed by atoms with Crippen LogP contribution in [-0.2, 0) is 14.8 Å². The number of hydrogen-bond donors (Lipinski definition) is 1.